The number of fused-ring (bicyclic) bond motifs is 1. The first kappa shape index (κ1) is 24.6. The van der Waals surface area contributed by atoms with E-state index in [9.17, 15) is 4.79 Å². The van der Waals surface area contributed by atoms with Gasteiger partial charge in [0.1, 0.15) is 11.3 Å². The van der Waals surface area contributed by atoms with Crippen molar-refractivity contribution in [3.63, 3.8) is 0 Å². The van der Waals surface area contributed by atoms with E-state index in [0.29, 0.717) is 27.1 Å². The zero-order valence-electron chi connectivity index (χ0n) is 18.3. The molecule has 0 saturated carbocycles. The molecule has 0 unspecified atom stereocenters. The number of piperazine rings is 1. The number of hydrogen-bond donors (Lipinski definition) is 2. The predicted octanol–water partition coefficient (Wildman–Crippen LogP) is 6.49. The summed E-state index contributed by atoms with van der Waals surface area (Å²) in [7, 11) is 0. The van der Waals surface area contributed by atoms with Gasteiger partial charge in [-0.1, -0.05) is 47.5 Å². The first-order valence-electron chi connectivity index (χ1n) is 10.9. The van der Waals surface area contributed by atoms with Crippen molar-refractivity contribution in [2.24, 2.45) is 0 Å². The molecule has 0 radical (unpaired) electrons. The molecule has 34 heavy (non-hydrogen) atoms. The normalized spacial score (nSPS) is 14.1. The maximum absolute atomic E-state index is 12.9. The van der Waals surface area contributed by atoms with Gasteiger partial charge in [0.15, 0.2) is 0 Å². The number of nitrogens with one attached hydrogen (secondary N) is 2. The molecular weight excluding hydrogens is 493 g/mol. The molecule has 176 valence electrons. The third kappa shape index (κ3) is 5.40. The molecule has 4 aromatic rings. The lowest BCUT2D eigenvalue weighted by atomic mass is 10.1. The zero-order valence-corrected chi connectivity index (χ0v) is 20.6. The second-order valence-corrected chi connectivity index (χ2v) is 8.98. The highest BCUT2D eigenvalue weighted by Crippen LogP contribution is 2.34. The van der Waals surface area contributed by atoms with Crippen molar-refractivity contribution in [2.45, 2.75) is 6.54 Å². The summed E-state index contributed by atoms with van der Waals surface area (Å²) in [5.74, 6) is 0.390. The van der Waals surface area contributed by atoms with Crippen LogP contribution in [-0.2, 0) is 6.54 Å². The lowest BCUT2D eigenvalue weighted by Crippen LogP contribution is -2.42. The molecule has 8 heteroatoms. The van der Waals surface area contributed by atoms with E-state index in [0.717, 1.165) is 49.3 Å². The molecule has 0 aliphatic carbocycles. The van der Waals surface area contributed by atoms with Gasteiger partial charge < -0.3 is 15.1 Å². The highest BCUT2D eigenvalue weighted by atomic mass is 35.5. The number of halogens is 3. The Morgan fingerprint density at radius 2 is 1.79 bits per heavy atom. The van der Waals surface area contributed by atoms with E-state index in [4.69, 9.17) is 27.6 Å². The van der Waals surface area contributed by atoms with Crippen LogP contribution in [0.2, 0.25) is 10.0 Å². The number of rotatable bonds is 5. The second-order valence-electron chi connectivity index (χ2n) is 8.13. The van der Waals surface area contributed by atoms with Crippen molar-refractivity contribution in [3.05, 3.63) is 87.9 Å². The smallest absolute Gasteiger partial charge is 0.257 e. The number of carbonyl (C=O) groups is 1. The molecule has 1 saturated heterocycles. The topological polar surface area (TPSA) is 57.5 Å². The third-order valence-corrected chi connectivity index (χ3v) is 6.36. The average molecular weight is 517 g/mol. The Labute approximate surface area is 214 Å². The van der Waals surface area contributed by atoms with Crippen LogP contribution in [-0.4, -0.2) is 37.0 Å². The molecule has 1 aliphatic heterocycles. The maximum atomic E-state index is 12.9. The quantitative estimate of drug-likeness (QED) is 0.318. The van der Waals surface area contributed by atoms with Gasteiger partial charge in [-0.25, -0.2) is 0 Å². The van der Waals surface area contributed by atoms with Crippen LogP contribution in [0.1, 0.15) is 15.9 Å². The van der Waals surface area contributed by atoms with Crippen LogP contribution in [0.25, 0.3) is 22.3 Å². The molecule has 0 atom stereocenters. The van der Waals surface area contributed by atoms with Crippen LogP contribution in [0, 0.1) is 0 Å². The van der Waals surface area contributed by atoms with E-state index in [2.05, 4.69) is 33.7 Å². The van der Waals surface area contributed by atoms with Crippen molar-refractivity contribution in [3.8, 4) is 11.3 Å². The van der Waals surface area contributed by atoms with Gasteiger partial charge in [-0.3, -0.25) is 9.69 Å². The van der Waals surface area contributed by atoms with Crippen LogP contribution in [0.5, 0.6) is 0 Å². The van der Waals surface area contributed by atoms with E-state index in [-0.39, 0.29) is 18.3 Å². The van der Waals surface area contributed by atoms with Crippen molar-refractivity contribution < 1.29 is 9.21 Å². The number of amides is 1. The molecule has 1 fully saturated rings. The van der Waals surface area contributed by atoms with E-state index in [1.807, 2.05) is 30.3 Å². The zero-order chi connectivity index (χ0) is 22.8. The largest absolute Gasteiger partial charge is 0.456 e. The van der Waals surface area contributed by atoms with Crippen LogP contribution >= 0.6 is 35.6 Å². The fraction of sp³-hybridized carbons (Fsp3) is 0.192. The average Bonchev–Trinajstić information content (AvgIpc) is 3.23. The number of benzene rings is 3. The van der Waals surface area contributed by atoms with Gasteiger partial charge in [0, 0.05) is 48.7 Å². The molecule has 1 amide bonds. The van der Waals surface area contributed by atoms with E-state index < -0.39 is 0 Å². The molecule has 1 aromatic heterocycles. The van der Waals surface area contributed by atoms with Gasteiger partial charge in [-0.2, -0.15) is 0 Å². The molecule has 5 rings (SSSR count). The molecule has 2 N–H and O–H groups in total. The summed E-state index contributed by atoms with van der Waals surface area (Å²) < 4.78 is 6.23. The number of anilines is 1. The fourth-order valence-corrected chi connectivity index (χ4v) is 4.60. The standard InChI is InChI=1S/C26H23Cl2N3O2.ClH/c27-19-7-8-20(22(28)15-19)26(32)30-23-4-2-1-3-21(23)25-14-18-6-5-17(13-24(18)33-25)16-31-11-9-29-10-12-31;/h1-8,13-15,29H,9-12,16H2,(H,30,32);1H. The first-order chi connectivity index (χ1) is 16.1. The highest BCUT2D eigenvalue weighted by Gasteiger charge is 2.16. The fourth-order valence-electron chi connectivity index (χ4n) is 4.10. The van der Waals surface area contributed by atoms with Crippen molar-refractivity contribution in [2.75, 3.05) is 31.5 Å². The van der Waals surface area contributed by atoms with Crippen LogP contribution < -0.4 is 10.6 Å². The Morgan fingerprint density at radius 1 is 1.00 bits per heavy atom. The molecule has 3 aromatic carbocycles. The summed E-state index contributed by atoms with van der Waals surface area (Å²) in [5, 5.41) is 8.15. The Balaban J connectivity index is 0.00000274. The lowest BCUT2D eigenvalue weighted by Gasteiger charge is -2.27. The number of carbonyl (C=O) groups excluding carboxylic acids is 1. The summed E-state index contributed by atoms with van der Waals surface area (Å²) >= 11 is 12.2. The van der Waals surface area contributed by atoms with Gasteiger partial charge in [-0.05, 0) is 48.0 Å². The molecule has 2 heterocycles. The number of furan rings is 1. The van der Waals surface area contributed by atoms with Crippen LogP contribution in [0.4, 0.5) is 5.69 Å². The summed E-state index contributed by atoms with van der Waals surface area (Å²) in [5.41, 5.74) is 3.87. The summed E-state index contributed by atoms with van der Waals surface area (Å²) in [6.07, 6.45) is 0. The minimum atomic E-state index is -0.307. The third-order valence-electron chi connectivity index (χ3n) is 5.82. The number of para-hydroxylation sites is 1. The first-order valence-corrected chi connectivity index (χ1v) is 11.6. The van der Waals surface area contributed by atoms with Crippen LogP contribution in [0.3, 0.4) is 0 Å². The van der Waals surface area contributed by atoms with Gasteiger partial charge in [0.05, 0.1) is 16.3 Å². The minimum Gasteiger partial charge on any atom is -0.456 e. The van der Waals surface area contributed by atoms with Crippen molar-refractivity contribution in [1.82, 2.24) is 10.2 Å². The Bertz CT molecular complexity index is 1320. The van der Waals surface area contributed by atoms with Gasteiger partial charge >= 0.3 is 0 Å². The summed E-state index contributed by atoms with van der Waals surface area (Å²) in [6, 6.07) is 20.7. The molecule has 0 spiro atoms. The van der Waals surface area contributed by atoms with E-state index >= 15 is 0 Å². The lowest BCUT2D eigenvalue weighted by molar-refractivity contribution is 0.102. The number of hydrogen-bond acceptors (Lipinski definition) is 4. The van der Waals surface area contributed by atoms with Crippen molar-refractivity contribution in [1.29, 1.82) is 0 Å². The van der Waals surface area contributed by atoms with Crippen molar-refractivity contribution >= 4 is 58.2 Å². The summed E-state index contributed by atoms with van der Waals surface area (Å²) in [6.45, 7) is 5.05. The minimum absolute atomic E-state index is 0. The van der Waals surface area contributed by atoms with E-state index in [1.165, 1.54) is 5.56 Å². The monoisotopic (exact) mass is 515 g/mol. The SMILES string of the molecule is Cl.O=C(Nc1ccccc1-c1cc2ccc(CN3CCNCC3)cc2o1)c1ccc(Cl)cc1Cl. The van der Waals surface area contributed by atoms with Gasteiger partial charge in [0.2, 0.25) is 0 Å². The Kier molecular flexibility index (Phi) is 7.81. The summed E-state index contributed by atoms with van der Waals surface area (Å²) in [4.78, 5) is 15.3. The Hall–Kier alpha value is -2.54. The van der Waals surface area contributed by atoms with Gasteiger partial charge in [-0.15, -0.1) is 12.4 Å². The molecular formula is C26H24Cl3N3O2. The molecule has 0 bridgehead atoms. The molecule has 1 aliphatic rings. The molecule has 5 nitrogen and oxygen atoms in total. The Morgan fingerprint density at radius 3 is 2.59 bits per heavy atom. The highest BCUT2D eigenvalue weighted by molar-refractivity contribution is 6.37. The maximum Gasteiger partial charge on any atom is 0.257 e. The number of nitrogens with zero attached hydrogens (tertiary/aromatic N) is 1. The van der Waals surface area contributed by atoms with Crippen LogP contribution in [0.15, 0.2) is 71.1 Å². The second kappa shape index (κ2) is 10.8. The van der Waals surface area contributed by atoms with Gasteiger partial charge in [0.25, 0.3) is 5.91 Å². The van der Waals surface area contributed by atoms with E-state index in [1.54, 1.807) is 18.2 Å². The predicted molar refractivity (Wildman–Crippen MR) is 141 cm³/mol.